The van der Waals surface area contributed by atoms with Crippen molar-refractivity contribution >= 4 is 5.97 Å². The van der Waals surface area contributed by atoms with Gasteiger partial charge in [0.25, 0.3) is 0 Å². The van der Waals surface area contributed by atoms with Crippen molar-refractivity contribution in [3.63, 3.8) is 0 Å². The molecule has 0 heterocycles. The molecule has 0 aromatic carbocycles. The molecule has 0 spiro atoms. The van der Waals surface area contributed by atoms with Gasteiger partial charge in [0, 0.05) is 0 Å². The van der Waals surface area contributed by atoms with Crippen molar-refractivity contribution in [2.24, 2.45) is 22.2 Å². The van der Waals surface area contributed by atoms with Gasteiger partial charge in [-0.25, -0.2) is 0 Å². The second-order valence-corrected chi connectivity index (χ2v) is 8.64. The van der Waals surface area contributed by atoms with Gasteiger partial charge in [-0.1, -0.05) is 55.4 Å². The van der Waals surface area contributed by atoms with Crippen LogP contribution in [0.25, 0.3) is 0 Å². The molecule has 0 radical (unpaired) electrons. The predicted molar refractivity (Wildman–Crippen MR) is 82.0 cm³/mol. The fourth-order valence-corrected chi connectivity index (χ4v) is 2.25. The lowest BCUT2D eigenvalue weighted by Crippen LogP contribution is -2.44. The molecule has 114 valence electrons. The molecule has 0 rings (SSSR count). The van der Waals surface area contributed by atoms with Crippen LogP contribution in [0.15, 0.2) is 0 Å². The van der Waals surface area contributed by atoms with Crippen LogP contribution in [0.3, 0.4) is 0 Å². The Hall–Kier alpha value is -0.530. The van der Waals surface area contributed by atoms with E-state index >= 15 is 0 Å². The number of esters is 1. The summed E-state index contributed by atoms with van der Waals surface area (Å²) in [4.78, 5) is 12.5. The first-order chi connectivity index (χ1) is 8.29. The molecule has 0 aliphatic rings. The van der Waals surface area contributed by atoms with Crippen LogP contribution in [0.4, 0.5) is 0 Å². The van der Waals surface area contributed by atoms with Crippen molar-refractivity contribution in [1.82, 2.24) is 0 Å². The summed E-state index contributed by atoms with van der Waals surface area (Å²) in [5.74, 6) is 0.520. The molecule has 0 aromatic rings. The van der Waals surface area contributed by atoms with Gasteiger partial charge in [-0.2, -0.15) is 0 Å². The number of hydrogen-bond donors (Lipinski definition) is 0. The third-order valence-corrected chi connectivity index (χ3v) is 3.92. The number of rotatable bonds is 5. The molecular weight excluding hydrogens is 236 g/mol. The lowest BCUT2D eigenvalue weighted by molar-refractivity contribution is -0.165. The third kappa shape index (κ3) is 5.97. The van der Waals surface area contributed by atoms with Gasteiger partial charge in [0.15, 0.2) is 0 Å². The Balaban J connectivity index is 4.91. The minimum atomic E-state index is -0.442. The third-order valence-electron chi connectivity index (χ3n) is 3.92. The van der Waals surface area contributed by atoms with Crippen LogP contribution in [0.5, 0.6) is 0 Å². The zero-order chi connectivity index (χ0) is 15.5. The Bertz CT molecular complexity index is 291. The summed E-state index contributed by atoms with van der Waals surface area (Å²) in [5.41, 5.74) is -0.434. The van der Waals surface area contributed by atoms with E-state index in [1.165, 1.54) is 0 Å². The number of carbonyl (C=O) groups is 1. The number of ether oxygens (including phenoxy) is 1. The first-order valence-electron chi connectivity index (χ1n) is 7.47. The molecule has 0 aliphatic carbocycles. The molecule has 0 N–H and O–H groups in total. The van der Waals surface area contributed by atoms with E-state index in [9.17, 15) is 4.79 Å². The first-order valence-corrected chi connectivity index (χ1v) is 7.47. The number of hydrogen-bond acceptors (Lipinski definition) is 2. The molecule has 0 fully saturated rings. The summed E-state index contributed by atoms with van der Waals surface area (Å²) < 4.78 is 5.55. The van der Waals surface area contributed by atoms with Crippen LogP contribution in [-0.4, -0.2) is 12.6 Å². The highest BCUT2D eigenvalue weighted by Gasteiger charge is 2.47. The largest absolute Gasteiger partial charge is 0.465 e. The Morgan fingerprint density at radius 1 is 1.00 bits per heavy atom. The zero-order valence-corrected chi connectivity index (χ0v) is 14.5. The van der Waals surface area contributed by atoms with E-state index in [0.717, 1.165) is 12.8 Å². The molecule has 19 heavy (non-hydrogen) atoms. The first kappa shape index (κ1) is 18.5. The maximum atomic E-state index is 12.5. The maximum absolute atomic E-state index is 12.5. The fraction of sp³-hybridized carbons (Fsp3) is 0.941. The normalized spacial score (nSPS) is 16.3. The van der Waals surface area contributed by atoms with E-state index in [4.69, 9.17) is 4.74 Å². The molecule has 0 saturated carbocycles. The molecule has 0 aromatic heterocycles. The van der Waals surface area contributed by atoms with Crippen LogP contribution in [0, 0.1) is 22.2 Å². The van der Waals surface area contributed by atoms with Gasteiger partial charge in [-0.05, 0) is 36.5 Å². The van der Waals surface area contributed by atoms with Crippen molar-refractivity contribution < 1.29 is 9.53 Å². The van der Waals surface area contributed by atoms with Crippen LogP contribution < -0.4 is 0 Å². The average molecular weight is 270 g/mol. The highest BCUT2D eigenvalue weighted by Crippen LogP contribution is 2.47. The van der Waals surface area contributed by atoms with Crippen molar-refractivity contribution in [2.75, 3.05) is 6.61 Å². The Morgan fingerprint density at radius 2 is 1.47 bits per heavy atom. The Morgan fingerprint density at radius 3 is 1.79 bits per heavy atom. The van der Waals surface area contributed by atoms with E-state index in [-0.39, 0.29) is 16.8 Å². The van der Waals surface area contributed by atoms with Gasteiger partial charge >= 0.3 is 5.97 Å². The van der Waals surface area contributed by atoms with Crippen LogP contribution >= 0.6 is 0 Å². The quantitative estimate of drug-likeness (QED) is 0.652. The molecule has 0 aliphatic heterocycles. The van der Waals surface area contributed by atoms with Gasteiger partial charge in [0.2, 0.25) is 0 Å². The lowest BCUT2D eigenvalue weighted by atomic mass is 9.61. The van der Waals surface area contributed by atoms with Crippen molar-refractivity contribution in [2.45, 2.75) is 75.2 Å². The summed E-state index contributed by atoms with van der Waals surface area (Å²) in [6.45, 7) is 19.8. The molecule has 1 atom stereocenters. The highest BCUT2D eigenvalue weighted by molar-refractivity contribution is 5.77. The van der Waals surface area contributed by atoms with E-state index in [0.29, 0.717) is 12.5 Å². The average Bonchev–Trinajstić information content (AvgIpc) is 2.12. The van der Waals surface area contributed by atoms with E-state index in [1.807, 2.05) is 0 Å². The Labute approximate surface area is 120 Å². The molecule has 0 amide bonds. The van der Waals surface area contributed by atoms with Crippen molar-refractivity contribution in [1.29, 1.82) is 0 Å². The lowest BCUT2D eigenvalue weighted by Gasteiger charge is -2.43. The summed E-state index contributed by atoms with van der Waals surface area (Å²) in [5, 5.41) is 0. The van der Waals surface area contributed by atoms with Gasteiger partial charge in [0.1, 0.15) is 0 Å². The van der Waals surface area contributed by atoms with Crippen LogP contribution in [0.1, 0.15) is 75.2 Å². The monoisotopic (exact) mass is 270 g/mol. The minimum absolute atomic E-state index is 0.0458. The highest BCUT2D eigenvalue weighted by atomic mass is 16.5. The molecule has 1 unspecified atom stereocenters. The number of carbonyl (C=O) groups excluding carboxylic acids is 1. The van der Waals surface area contributed by atoms with Crippen molar-refractivity contribution in [3.8, 4) is 0 Å². The van der Waals surface area contributed by atoms with Crippen LogP contribution in [-0.2, 0) is 9.53 Å². The standard InChI is InChI=1S/C17H34O2/c1-13(2)10-11-19-14(18)17(9,16(6,7)8)12-15(3,4)5/h13H,10-12H2,1-9H3. The van der Waals surface area contributed by atoms with Gasteiger partial charge in [0.05, 0.1) is 12.0 Å². The maximum Gasteiger partial charge on any atom is 0.312 e. The van der Waals surface area contributed by atoms with Crippen molar-refractivity contribution in [3.05, 3.63) is 0 Å². The molecule has 2 nitrogen and oxygen atoms in total. The second-order valence-electron chi connectivity index (χ2n) is 8.64. The van der Waals surface area contributed by atoms with E-state index in [2.05, 4.69) is 62.3 Å². The fourth-order valence-electron chi connectivity index (χ4n) is 2.25. The Kier molecular flexibility index (Phi) is 6.10. The SMILES string of the molecule is CC(C)CCOC(=O)C(C)(CC(C)(C)C)C(C)(C)C. The summed E-state index contributed by atoms with van der Waals surface area (Å²) >= 11 is 0. The van der Waals surface area contributed by atoms with Gasteiger partial charge in [-0.15, -0.1) is 0 Å². The van der Waals surface area contributed by atoms with Crippen LogP contribution in [0.2, 0.25) is 0 Å². The second kappa shape index (κ2) is 6.28. The minimum Gasteiger partial charge on any atom is -0.465 e. The smallest absolute Gasteiger partial charge is 0.312 e. The topological polar surface area (TPSA) is 26.3 Å². The molecule has 0 saturated heterocycles. The summed E-state index contributed by atoms with van der Waals surface area (Å²) in [7, 11) is 0. The molecule has 0 bridgehead atoms. The van der Waals surface area contributed by atoms with E-state index < -0.39 is 5.41 Å². The summed E-state index contributed by atoms with van der Waals surface area (Å²) in [6.07, 6.45) is 1.77. The zero-order valence-electron chi connectivity index (χ0n) is 14.5. The summed E-state index contributed by atoms with van der Waals surface area (Å²) in [6, 6.07) is 0. The van der Waals surface area contributed by atoms with E-state index in [1.54, 1.807) is 0 Å². The van der Waals surface area contributed by atoms with Gasteiger partial charge in [-0.3, -0.25) is 4.79 Å². The predicted octanol–water partition coefficient (Wildman–Crippen LogP) is 5.06. The molecular formula is C17H34O2. The van der Waals surface area contributed by atoms with Gasteiger partial charge < -0.3 is 4.74 Å². The molecule has 2 heteroatoms.